The molecule has 0 spiro atoms. The molecule has 0 radical (unpaired) electrons. The molecule has 2 saturated heterocycles. The van der Waals surface area contributed by atoms with E-state index in [0.717, 1.165) is 25.2 Å². The molecule has 9 heteroatoms. The second kappa shape index (κ2) is 13.2. The maximum atomic E-state index is 13.5. The number of Topliss-reactive ketones (excluding diaryl/α,β-unsaturated/α-hetero) is 1. The largest absolute Gasteiger partial charge is 0.507 e. The molecule has 0 aromatic heterocycles. The first-order chi connectivity index (χ1) is 19.2. The molecule has 9 nitrogen and oxygen atoms in total. The summed E-state index contributed by atoms with van der Waals surface area (Å²) in [4.78, 5) is 30.6. The van der Waals surface area contributed by atoms with E-state index in [9.17, 15) is 19.8 Å². The van der Waals surface area contributed by atoms with Gasteiger partial charge in [-0.25, -0.2) is 0 Å². The molecule has 2 N–H and O–H groups in total. The summed E-state index contributed by atoms with van der Waals surface area (Å²) in [6.45, 7) is 12.8. The van der Waals surface area contributed by atoms with Crippen molar-refractivity contribution in [1.82, 2.24) is 9.80 Å². The van der Waals surface area contributed by atoms with Gasteiger partial charge in [-0.15, -0.1) is 0 Å². The normalized spacial score (nSPS) is 19.4. The number of aryl methyl sites for hydroxylation is 1. The molecular formula is C31H40N2O7. The summed E-state index contributed by atoms with van der Waals surface area (Å²) in [7, 11) is 0. The molecule has 2 aliphatic rings. The monoisotopic (exact) mass is 552 g/mol. The summed E-state index contributed by atoms with van der Waals surface area (Å²) in [6, 6.07) is 9.23. The van der Waals surface area contributed by atoms with Gasteiger partial charge >= 0.3 is 0 Å². The van der Waals surface area contributed by atoms with Crippen molar-refractivity contribution in [2.45, 2.75) is 40.2 Å². The van der Waals surface area contributed by atoms with E-state index in [2.05, 4.69) is 18.7 Å². The third kappa shape index (κ3) is 6.59. The second-order valence-electron chi connectivity index (χ2n) is 10.6. The number of aromatic hydroxyl groups is 1. The number of aliphatic hydroxyl groups is 1. The summed E-state index contributed by atoms with van der Waals surface area (Å²) >= 11 is 0. The second-order valence-corrected chi connectivity index (χ2v) is 10.6. The maximum absolute atomic E-state index is 13.5. The molecule has 0 bridgehead atoms. The van der Waals surface area contributed by atoms with Gasteiger partial charge in [-0.1, -0.05) is 19.9 Å². The van der Waals surface area contributed by atoms with Crippen molar-refractivity contribution in [1.29, 1.82) is 0 Å². The highest BCUT2D eigenvalue weighted by molar-refractivity contribution is 6.46. The Morgan fingerprint density at radius 2 is 1.82 bits per heavy atom. The number of likely N-dealkylation sites (tertiary alicyclic amines) is 1. The van der Waals surface area contributed by atoms with Gasteiger partial charge in [-0.05, 0) is 67.6 Å². The molecule has 1 amide bonds. The molecule has 0 aliphatic carbocycles. The molecule has 40 heavy (non-hydrogen) atoms. The number of phenols is 1. The third-order valence-electron chi connectivity index (χ3n) is 7.15. The van der Waals surface area contributed by atoms with Crippen molar-refractivity contribution in [3.05, 3.63) is 58.7 Å². The van der Waals surface area contributed by atoms with Crippen LogP contribution in [0.15, 0.2) is 42.0 Å². The van der Waals surface area contributed by atoms with Gasteiger partial charge in [-0.2, -0.15) is 0 Å². The fraction of sp³-hybridized carbons (Fsp3) is 0.484. The lowest BCUT2D eigenvalue weighted by molar-refractivity contribution is -0.140. The van der Waals surface area contributed by atoms with Crippen molar-refractivity contribution in [3.8, 4) is 17.2 Å². The number of rotatable bonds is 11. The zero-order chi connectivity index (χ0) is 28.8. The number of nitrogens with zero attached hydrogens (tertiary/aromatic N) is 2. The van der Waals surface area contributed by atoms with Gasteiger partial charge in [0.2, 0.25) is 0 Å². The lowest BCUT2D eigenvalue weighted by Gasteiger charge is -2.29. The molecule has 4 rings (SSSR count). The van der Waals surface area contributed by atoms with Crippen LogP contribution in [0.5, 0.6) is 17.2 Å². The number of aliphatic hydroxyl groups excluding tert-OH is 1. The van der Waals surface area contributed by atoms with Crippen molar-refractivity contribution < 1.29 is 34.0 Å². The molecule has 0 unspecified atom stereocenters. The van der Waals surface area contributed by atoms with Crippen LogP contribution in [0.1, 0.15) is 49.9 Å². The molecular weight excluding hydrogens is 512 g/mol. The number of benzene rings is 2. The smallest absolute Gasteiger partial charge is 0.295 e. The minimum atomic E-state index is -0.833. The van der Waals surface area contributed by atoms with Crippen LogP contribution in [0, 0.1) is 12.8 Å². The van der Waals surface area contributed by atoms with Crippen LogP contribution in [-0.4, -0.2) is 84.3 Å². The van der Waals surface area contributed by atoms with Gasteiger partial charge in [-0.3, -0.25) is 14.5 Å². The van der Waals surface area contributed by atoms with Crippen LogP contribution < -0.4 is 9.47 Å². The van der Waals surface area contributed by atoms with E-state index in [4.69, 9.17) is 14.2 Å². The topological polar surface area (TPSA) is 109 Å². The Morgan fingerprint density at radius 1 is 1.07 bits per heavy atom. The molecule has 0 saturated carbocycles. The Bertz CT molecular complexity index is 1250. The van der Waals surface area contributed by atoms with Gasteiger partial charge in [0, 0.05) is 31.7 Å². The van der Waals surface area contributed by atoms with E-state index in [1.54, 1.807) is 31.2 Å². The van der Waals surface area contributed by atoms with Crippen molar-refractivity contribution in [2.75, 3.05) is 52.6 Å². The predicted molar refractivity (Wildman–Crippen MR) is 152 cm³/mol. The average molecular weight is 553 g/mol. The lowest BCUT2D eigenvalue weighted by atomic mass is 9.93. The molecule has 2 heterocycles. The third-order valence-corrected chi connectivity index (χ3v) is 7.15. The number of ether oxygens (including phenoxy) is 3. The van der Waals surface area contributed by atoms with Crippen LogP contribution in [0.3, 0.4) is 0 Å². The van der Waals surface area contributed by atoms with Gasteiger partial charge in [0.15, 0.2) is 11.5 Å². The van der Waals surface area contributed by atoms with Crippen LogP contribution >= 0.6 is 0 Å². The minimum absolute atomic E-state index is 0.0171. The summed E-state index contributed by atoms with van der Waals surface area (Å²) in [5.74, 6) is -0.391. The van der Waals surface area contributed by atoms with Crippen molar-refractivity contribution in [2.24, 2.45) is 5.92 Å². The summed E-state index contributed by atoms with van der Waals surface area (Å²) in [6.07, 6.45) is 0.654. The molecule has 216 valence electrons. The predicted octanol–water partition coefficient (Wildman–Crippen LogP) is 4.28. The van der Waals surface area contributed by atoms with Gasteiger partial charge in [0.1, 0.15) is 11.5 Å². The first kappa shape index (κ1) is 29.4. The number of ketones is 1. The quantitative estimate of drug-likeness (QED) is 0.242. The number of amides is 1. The molecule has 1 atom stereocenters. The minimum Gasteiger partial charge on any atom is -0.507 e. The van der Waals surface area contributed by atoms with E-state index < -0.39 is 17.7 Å². The zero-order valence-corrected chi connectivity index (χ0v) is 23.8. The van der Waals surface area contributed by atoms with Crippen molar-refractivity contribution in [3.63, 3.8) is 0 Å². The van der Waals surface area contributed by atoms with Crippen LogP contribution in [0.2, 0.25) is 0 Å². The van der Waals surface area contributed by atoms with E-state index in [1.165, 1.54) is 11.0 Å². The average Bonchev–Trinajstić information content (AvgIpc) is 3.18. The molecule has 2 fully saturated rings. The Morgan fingerprint density at radius 3 is 2.50 bits per heavy atom. The van der Waals surface area contributed by atoms with Gasteiger partial charge in [0.05, 0.1) is 38.0 Å². The maximum Gasteiger partial charge on any atom is 0.295 e. The molecule has 2 aromatic rings. The Labute approximate surface area is 235 Å². The molecule has 2 aromatic carbocycles. The standard InChI is InChI=1S/C31H40N2O7/c1-5-39-26-18-22(7-10-25(26)34)28-27(29(35)24-9-8-23(17-21(24)4)40-19-20(2)3)30(36)31(37)33(28)12-6-11-32-13-15-38-16-14-32/h7-10,17-18,20,28,34-35H,5-6,11-16,19H2,1-4H3/b29-27+/t28-/m0/s1. The van der Waals surface area contributed by atoms with E-state index in [1.807, 2.05) is 13.0 Å². The highest BCUT2D eigenvalue weighted by atomic mass is 16.5. The number of carbonyl (C=O) groups is 2. The fourth-order valence-electron chi connectivity index (χ4n) is 5.12. The Hall–Kier alpha value is -3.56. The molecule has 2 aliphatic heterocycles. The number of carbonyl (C=O) groups excluding carboxylic acids is 2. The summed E-state index contributed by atoms with van der Waals surface area (Å²) in [5, 5.41) is 21.8. The van der Waals surface area contributed by atoms with Gasteiger partial charge in [0.25, 0.3) is 11.7 Å². The lowest BCUT2D eigenvalue weighted by Crippen LogP contribution is -2.38. The highest BCUT2D eigenvalue weighted by Gasteiger charge is 2.46. The van der Waals surface area contributed by atoms with Crippen molar-refractivity contribution >= 4 is 17.4 Å². The zero-order valence-electron chi connectivity index (χ0n) is 23.8. The first-order valence-corrected chi connectivity index (χ1v) is 14.0. The van der Waals surface area contributed by atoms with Crippen LogP contribution in [-0.2, 0) is 14.3 Å². The van der Waals surface area contributed by atoms with Gasteiger partial charge < -0.3 is 29.3 Å². The Balaban J connectivity index is 1.71. The SMILES string of the molecule is CCOc1cc([C@H]2/C(=C(\O)c3ccc(OCC(C)C)cc3C)C(=O)C(=O)N2CCCN2CCOCC2)ccc1O. The first-order valence-electron chi connectivity index (χ1n) is 14.0. The highest BCUT2D eigenvalue weighted by Crippen LogP contribution is 2.42. The summed E-state index contributed by atoms with van der Waals surface area (Å²) in [5.41, 5.74) is 1.76. The summed E-state index contributed by atoms with van der Waals surface area (Å²) < 4.78 is 16.8. The number of phenolic OH excluding ortho intramolecular Hbond substituents is 1. The number of hydrogen-bond acceptors (Lipinski definition) is 8. The Kier molecular flexibility index (Phi) is 9.71. The van der Waals surface area contributed by atoms with E-state index >= 15 is 0 Å². The number of morpholine rings is 1. The number of hydrogen-bond donors (Lipinski definition) is 2. The van der Waals surface area contributed by atoms with E-state index in [-0.39, 0.29) is 22.8 Å². The van der Waals surface area contributed by atoms with Crippen LogP contribution in [0.25, 0.3) is 5.76 Å². The fourth-order valence-corrected chi connectivity index (χ4v) is 5.12. The van der Waals surface area contributed by atoms with Crippen LogP contribution in [0.4, 0.5) is 0 Å². The van der Waals surface area contributed by atoms with E-state index in [0.29, 0.717) is 62.2 Å².